The summed E-state index contributed by atoms with van der Waals surface area (Å²) in [5, 5.41) is 8.17. The highest BCUT2D eigenvalue weighted by Crippen LogP contribution is 2.35. The summed E-state index contributed by atoms with van der Waals surface area (Å²) in [4.78, 5) is 33.1. The molecule has 0 aromatic carbocycles. The summed E-state index contributed by atoms with van der Waals surface area (Å²) in [5.74, 6) is 1.03. The number of hydrogen-bond acceptors (Lipinski definition) is 6. The molecule has 152 valence electrons. The van der Waals surface area contributed by atoms with Gasteiger partial charge >= 0.3 is 0 Å². The fourth-order valence-electron chi connectivity index (χ4n) is 3.91. The van der Waals surface area contributed by atoms with E-state index in [1.165, 1.54) is 4.57 Å². The highest BCUT2D eigenvalue weighted by molar-refractivity contribution is 5.95. The van der Waals surface area contributed by atoms with Gasteiger partial charge in [-0.1, -0.05) is 6.92 Å². The molecular formula is C21H25N5O3. The van der Waals surface area contributed by atoms with Crippen molar-refractivity contribution in [2.24, 2.45) is 0 Å². The lowest BCUT2D eigenvalue weighted by atomic mass is 10.2. The zero-order valence-corrected chi connectivity index (χ0v) is 16.7. The molecule has 0 saturated carbocycles. The van der Waals surface area contributed by atoms with Crippen LogP contribution in [0.3, 0.4) is 0 Å². The smallest absolute Gasteiger partial charge is 0.255 e. The number of rotatable bonds is 3. The maximum absolute atomic E-state index is 12.8. The van der Waals surface area contributed by atoms with Crippen molar-refractivity contribution < 1.29 is 14.3 Å². The third kappa shape index (κ3) is 3.50. The van der Waals surface area contributed by atoms with Crippen molar-refractivity contribution in [1.29, 1.82) is 5.41 Å². The molecule has 0 bridgehead atoms. The molecule has 1 amide bonds. The average molecular weight is 395 g/mol. The second kappa shape index (κ2) is 7.69. The minimum Gasteiger partial charge on any atom is -0.488 e. The average Bonchev–Trinajstić information content (AvgIpc) is 3.17. The number of amides is 1. The molecule has 1 N–H and O–H groups in total. The van der Waals surface area contributed by atoms with E-state index in [1.54, 1.807) is 37.5 Å². The van der Waals surface area contributed by atoms with Gasteiger partial charge in [0, 0.05) is 43.2 Å². The van der Waals surface area contributed by atoms with E-state index in [-0.39, 0.29) is 23.3 Å². The van der Waals surface area contributed by atoms with Gasteiger partial charge in [-0.25, -0.2) is 4.98 Å². The Labute approximate surface area is 169 Å². The topological polar surface area (TPSA) is 91.5 Å². The van der Waals surface area contributed by atoms with Gasteiger partial charge in [0.25, 0.3) is 5.91 Å². The first kappa shape index (κ1) is 19.2. The Bertz CT molecular complexity index is 1020. The number of pyridine rings is 2. The predicted molar refractivity (Wildman–Crippen MR) is 108 cm³/mol. The summed E-state index contributed by atoms with van der Waals surface area (Å²) < 4.78 is 7.11. The first-order valence-corrected chi connectivity index (χ1v) is 10.0. The number of carbonyl (C=O) groups excluding carboxylic acids is 2. The van der Waals surface area contributed by atoms with Crippen LogP contribution in [0.4, 0.5) is 11.5 Å². The van der Waals surface area contributed by atoms with E-state index < -0.39 is 0 Å². The molecular weight excluding hydrogens is 370 g/mol. The Hall–Kier alpha value is -3.16. The number of nitrogens with zero attached hydrogens (tertiary/aromatic N) is 4. The van der Waals surface area contributed by atoms with Gasteiger partial charge in [-0.15, -0.1) is 0 Å². The van der Waals surface area contributed by atoms with Crippen molar-refractivity contribution in [3.05, 3.63) is 41.6 Å². The molecule has 2 aromatic rings. The standard InChI is InChI=1S/C21H25N5O3/c1-3-19(27)26-8-6-16(12-18(26)22)25-9-10-29-17-11-15(13-23-20(17)25)21(28)24-7-4-5-14(24)2/h6,8,11-14,22H,3-5,7,9-10H2,1-2H3/t14-/m0/s1. The molecule has 0 radical (unpaired) electrons. The van der Waals surface area contributed by atoms with Crippen molar-refractivity contribution in [2.45, 2.75) is 39.2 Å². The molecule has 8 heteroatoms. The Morgan fingerprint density at radius 2 is 2.14 bits per heavy atom. The van der Waals surface area contributed by atoms with Gasteiger partial charge < -0.3 is 14.5 Å². The number of hydrogen-bond donors (Lipinski definition) is 1. The number of carbonyl (C=O) groups is 2. The van der Waals surface area contributed by atoms with Crippen molar-refractivity contribution >= 4 is 23.3 Å². The molecule has 2 aromatic heterocycles. The molecule has 0 unspecified atom stereocenters. The summed E-state index contributed by atoms with van der Waals surface area (Å²) >= 11 is 0. The highest BCUT2D eigenvalue weighted by atomic mass is 16.5. The van der Waals surface area contributed by atoms with Gasteiger partial charge in [0.2, 0.25) is 5.91 Å². The summed E-state index contributed by atoms with van der Waals surface area (Å²) in [6, 6.07) is 5.45. The van der Waals surface area contributed by atoms with Crippen molar-refractivity contribution in [3.8, 4) is 5.75 Å². The van der Waals surface area contributed by atoms with Crippen LogP contribution in [0.25, 0.3) is 0 Å². The number of fused-ring (bicyclic) bond motifs is 1. The summed E-state index contributed by atoms with van der Waals surface area (Å²) in [6.07, 6.45) is 5.60. The highest BCUT2D eigenvalue weighted by Gasteiger charge is 2.28. The summed E-state index contributed by atoms with van der Waals surface area (Å²) in [6.45, 7) is 5.63. The van der Waals surface area contributed by atoms with Crippen LogP contribution >= 0.6 is 0 Å². The first-order chi connectivity index (χ1) is 14.0. The van der Waals surface area contributed by atoms with Crippen LogP contribution in [0.1, 0.15) is 48.3 Å². The third-order valence-electron chi connectivity index (χ3n) is 5.54. The predicted octanol–water partition coefficient (Wildman–Crippen LogP) is 2.57. The van der Waals surface area contributed by atoms with E-state index in [1.807, 2.05) is 9.80 Å². The quantitative estimate of drug-likeness (QED) is 0.862. The Morgan fingerprint density at radius 1 is 1.31 bits per heavy atom. The molecule has 29 heavy (non-hydrogen) atoms. The van der Waals surface area contributed by atoms with E-state index in [4.69, 9.17) is 10.1 Å². The van der Waals surface area contributed by atoms with Crippen LogP contribution in [0.15, 0.2) is 30.6 Å². The summed E-state index contributed by atoms with van der Waals surface area (Å²) in [5.41, 5.74) is 1.41. The number of anilines is 2. The molecule has 1 fully saturated rings. The van der Waals surface area contributed by atoms with Crippen LogP contribution in [0, 0.1) is 5.41 Å². The van der Waals surface area contributed by atoms with Crippen LogP contribution in [0.5, 0.6) is 5.75 Å². The maximum Gasteiger partial charge on any atom is 0.255 e. The van der Waals surface area contributed by atoms with Gasteiger partial charge in [-0.05, 0) is 31.9 Å². The molecule has 4 heterocycles. The van der Waals surface area contributed by atoms with Crippen LogP contribution in [-0.2, 0) is 0 Å². The fourth-order valence-corrected chi connectivity index (χ4v) is 3.91. The molecule has 2 aliphatic heterocycles. The van der Waals surface area contributed by atoms with Gasteiger partial charge in [-0.3, -0.25) is 19.6 Å². The Balaban J connectivity index is 1.64. The van der Waals surface area contributed by atoms with E-state index in [0.29, 0.717) is 36.7 Å². The van der Waals surface area contributed by atoms with Crippen molar-refractivity contribution in [3.63, 3.8) is 0 Å². The molecule has 0 aliphatic carbocycles. The molecule has 1 saturated heterocycles. The van der Waals surface area contributed by atoms with Crippen molar-refractivity contribution in [2.75, 3.05) is 24.6 Å². The van der Waals surface area contributed by atoms with Crippen LogP contribution < -0.4 is 15.1 Å². The summed E-state index contributed by atoms with van der Waals surface area (Å²) in [7, 11) is 0. The molecule has 8 nitrogen and oxygen atoms in total. The molecule has 1 atom stereocenters. The van der Waals surface area contributed by atoms with Gasteiger partial charge in [0.15, 0.2) is 11.6 Å². The SMILES string of the molecule is CCC(=O)n1ccc(N2CCOc3cc(C(=O)N4CCC[C@@H]4C)cnc32)cc1=N. The van der Waals surface area contributed by atoms with Gasteiger partial charge in [-0.2, -0.15) is 0 Å². The normalized spacial score (nSPS) is 18.3. The molecule has 0 spiro atoms. The van der Waals surface area contributed by atoms with E-state index >= 15 is 0 Å². The van der Waals surface area contributed by atoms with E-state index in [2.05, 4.69) is 11.9 Å². The lowest BCUT2D eigenvalue weighted by Gasteiger charge is -2.30. The number of aromatic nitrogens is 2. The van der Waals surface area contributed by atoms with Crippen LogP contribution in [0.2, 0.25) is 0 Å². The molecule has 4 rings (SSSR count). The van der Waals surface area contributed by atoms with E-state index in [0.717, 1.165) is 25.1 Å². The zero-order chi connectivity index (χ0) is 20.5. The van der Waals surface area contributed by atoms with Gasteiger partial charge in [0.1, 0.15) is 12.1 Å². The molecule has 2 aliphatic rings. The van der Waals surface area contributed by atoms with Crippen LogP contribution in [-0.4, -0.2) is 52.0 Å². The second-order valence-corrected chi connectivity index (χ2v) is 7.42. The monoisotopic (exact) mass is 395 g/mol. The zero-order valence-electron chi connectivity index (χ0n) is 16.7. The number of ether oxygens (including phenoxy) is 1. The van der Waals surface area contributed by atoms with Crippen molar-refractivity contribution in [1.82, 2.24) is 14.5 Å². The number of likely N-dealkylation sites (tertiary alicyclic amines) is 1. The van der Waals surface area contributed by atoms with Gasteiger partial charge in [0.05, 0.1) is 12.1 Å². The second-order valence-electron chi connectivity index (χ2n) is 7.42. The maximum atomic E-state index is 12.8. The largest absolute Gasteiger partial charge is 0.488 e. The Morgan fingerprint density at radius 3 is 2.83 bits per heavy atom. The minimum absolute atomic E-state index is 0.0155. The minimum atomic E-state index is -0.124. The lowest BCUT2D eigenvalue weighted by molar-refractivity contribution is 0.0746. The fraction of sp³-hybridized carbons (Fsp3) is 0.429. The Kier molecular flexibility index (Phi) is 5.08. The first-order valence-electron chi connectivity index (χ1n) is 10.0. The lowest BCUT2D eigenvalue weighted by Crippen LogP contribution is -2.34. The van der Waals surface area contributed by atoms with E-state index in [9.17, 15) is 9.59 Å². The number of nitrogens with one attached hydrogen (secondary N) is 1. The third-order valence-corrected chi connectivity index (χ3v) is 5.54.